The summed E-state index contributed by atoms with van der Waals surface area (Å²) in [5.41, 5.74) is -0.882. The standard InChI is InChI=1S/C19H17N3O6P2S/c23-29(24,25)19(30(26,27)28)22-17-14-11-15(12-7-3-1-4-8-12)31-18(14)21-16(20-17)13-9-5-2-6-10-13/h1-11,19H,(H,20,21,22)(H2,23,24,25)(H2,26,27,28). The minimum absolute atomic E-state index is 0.0704. The zero-order valence-corrected chi connectivity index (χ0v) is 18.3. The number of benzene rings is 2. The molecule has 0 aliphatic rings. The van der Waals surface area contributed by atoms with Crippen LogP contribution in [0.2, 0.25) is 0 Å². The first-order valence-electron chi connectivity index (χ1n) is 8.92. The molecule has 9 nitrogen and oxygen atoms in total. The van der Waals surface area contributed by atoms with Crippen LogP contribution in [-0.4, -0.2) is 35.1 Å². The van der Waals surface area contributed by atoms with Gasteiger partial charge in [0.2, 0.25) is 5.52 Å². The first-order chi connectivity index (χ1) is 14.6. The van der Waals surface area contributed by atoms with Crippen LogP contribution in [0.1, 0.15) is 0 Å². The fraction of sp³-hybridized carbons (Fsp3) is 0.0526. The van der Waals surface area contributed by atoms with Gasteiger partial charge in [-0.2, -0.15) is 0 Å². The van der Waals surface area contributed by atoms with E-state index in [1.807, 2.05) is 36.4 Å². The summed E-state index contributed by atoms with van der Waals surface area (Å²) in [5.74, 6) is 0.186. The summed E-state index contributed by atoms with van der Waals surface area (Å²) in [6, 6.07) is 20.1. The Morgan fingerprint density at radius 1 is 0.806 bits per heavy atom. The fourth-order valence-electron chi connectivity index (χ4n) is 2.98. The first-order valence-corrected chi connectivity index (χ1v) is 13.1. The first kappa shape index (κ1) is 21.8. The van der Waals surface area contributed by atoms with Gasteiger partial charge in [0.25, 0.3) is 0 Å². The van der Waals surface area contributed by atoms with Gasteiger partial charge in [-0.25, -0.2) is 9.97 Å². The van der Waals surface area contributed by atoms with Gasteiger partial charge in [-0.15, -0.1) is 11.3 Å². The van der Waals surface area contributed by atoms with Crippen LogP contribution >= 0.6 is 26.5 Å². The Morgan fingerprint density at radius 3 is 1.90 bits per heavy atom. The molecule has 12 heteroatoms. The molecule has 0 radical (unpaired) electrons. The van der Waals surface area contributed by atoms with Gasteiger partial charge in [-0.1, -0.05) is 60.7 Å². The largest absolute Gasteiger partial charge is 0.360 e. The van der Waals surface area contributed by atoms with Crippen LogP contribution in [-0.2, 0) is 9.13 Å². The van der Waals surface area contributed by atoms with E-state index in [9.17, 15) is 28.7 Å². The molecule has 0 saturated heterocycles. The third kappa shape index (κ3) is 4.76. The molecular weight excluding hydrogens is 460 g/mol. The second-order valence-corrected chi connectivity index (χ2v) is 11.5. The zero-order chi connectivity index (χ0) is 22.2. The third-order valence-corrected chi connectivity index (χ3v) is 8.80. The molecular formula is C19H17N3O6P2S. The number of rotatable bonds is 6. The van der Waals surface area contributed by atoms with Crippen molar-refractivity contribution in [3.63, 3.8) is 0 Å². The van der Waals surface area contributed by atoms with Gasteiger partial charge in [0, 0.05) is 10.4 Å². The smallest absolute Gasteiger partial charge is 0.346 e. The molecule has 0 unspecified atom stereocenters. The van der Waals surface area contributed by atoms with E-state index in [-0.39, 0.29) is 11.6 Å². The van der Waals surface area contributed by atoms with Gasteiger partial charge in [-0.3, -0.25) is 9.13 Å². The fourth-order valence-corrected chi connectivity index (χ4v) is 6.16. The highest BCUT2D eigenvalue weighted by molar-refractivity contribution is 7.71. The number of anilines is 1. The molecule has 31 heavy (non-hydrogen) atoms. The molecule has 0 aliphatic carbocycles. The van der Waals surface area contributed by atoms with E-state index in [0.29, 0.717) is 15.8 Å². The molecule has 0 aliphatic heterocycles. The van der Waals surface area contributed by atoms with Gasteiger partial charge in [-0.05, 0) is 11.6 Å². The second kappa shape index (κ2) is 8.26. The average molecular weight is 477 g/mol. The van der Waals surface area contributed by atoms with Crippen LogP contribution in [0.25, 0.3) is 32.0 Å². The van der Waals surface area contributed by atoms with E-state index in [4.69, 9.17) is 0 Å². The summed E-state index contributed by atoms with van der Waals surface area (Å²) in [5, 5.41) is 2.70. The van der Waals surface area contributed by atoms with Crippen molar-refractivity contribution in [1.82, 2.24) is 9.97 Å². The van der Waals surface area contributed by atoms with Crippen molar-refractivity contribution in [1.29, 1.82) is 0 Å². The van der Waals surface area contributed by atoms with E-state index < -0.39 is 20.7 Å². The maximum Gasteiger partial charge on any atom is 0.360 e. The van der Waals surface area contributed by atoms with Crippen molar-refractivity contribution >= 4 is 42.6 Å². The second-order valence-electron chi connectivity index (χ2n) is 6.65. The number of nitrogens with zero attached hydrogens (tertiary/aromatic N) is 2. The van der Waals surface area contributed by atoms with Crippen LogP contribution in [0.4, 0.5) is 5.82 Å². The molecule has 0 spiro atoms. The minimum Gasteiger partial charge on any atom is -0.346 e. The molecule has 2 aromatic heterocycles. The maximum absolute atomic E-state index is 11.8. The lowest BCUT2D eigenvalue weighted by molar-refractivity contribution is 0.343. The van der Waals surface area contributed by atoms with E-state index in [1.165, 1.54) is 11.3 Å². The van der Waals surface area contributed by atoms with Gasteiger partial charge in [0.05, 0.1) is 5.39 Å². The Labute approximate surface area is 180 Å². The molecule has 0 atom stereocenters. The summed E-state index contributed by atoms with van der Waals surface area (Å²) in [6.45, 7) is 0. The summed E-state index contributed by atoms with van der Waals surface area (Å²) in [6.07, 6.45) is 0. The summed E-state index contributed by atoms with van der Waals surface area (Å²) >= 11 is 1.34. The summed E-state index contributed by atoms with van der Waals surface area (Å²) < 4.78 is 23.6. The lowest BCUT2D eigenvalue weighted by Gasteiger charge is -2.21. The average Bonchev–Trinajstić information content (AvgIpc) is 3.16. The predicted molar refractivity (Wildman–Crippen MR) is 120 cm³/mol. The van der Waals surface area contributed by atoms with Crippen molar-refractivity contribution in [3.05, 3.63) is 66.7 Å². The highest BCUT2D eigenvalue weighted by Crippen LogP contribution is 2.59. The lowest BCUT2D eigenvalue weighted by atomic mass is 10.2. The lowest BCUT2D eigenvalue weighted by Crippen LogP contribution is -2.21. The number of nitrogens with one attached hydrogen (secondary N) is 1. The Kier molecular flexibility index (Phi) is 5.81. The van der Waals surface area contributed by atoms with Gasteiger partial charge >= 0.3 is 15.2 Å². The quantitative estimate of drug-likeness (QED) is 0.259. The van der Waals surface area contributed by atoms with Crippen LogP contribution in [0.15, 0.2) is 66.7 Å². The maximum atomic E-state index is 11.8. The number of thiophene rings is 1. The van der Waals surface area contributed by atoms with Gasteiger partial charge in [0.1, 0.15) is 10.6 Å². The van der Waals surface area contributed by atoms with Gasteiger partial charge < -0.3 is 24.9 Å². The monoisotopic (exact) mass is 477 g/mol. The molecule has 4 rings (SSSR count). The van der Waals surface area contributed by atoms with Crippen molar-refractivity contribution in [2.24, 2.45) is 0 Å². The topological polar surface area (TPSA) is 153 Å². The van der Waals surface area contributed by atoms with Crippen molar-refractivity contribution in [3.8, 4) is 21.8 Å². The number of hydrogen-bond donors (Lipinski definition) is 5. The van der Waals surface area contributed by atoms with E-state index in [1.54, 1.807) is 30.3 Å². The van der Waals surface area contributed by atoms with Crippen LogP contribution in [0.3, 0.4) is 0 Å². The highest BCUT2D eigenvalue weighted by atomic mass is 32.1. The zero-order valence-electron chi connectivity index (χ0n) is 15.7. The molecule has 160 valence electrons. The number of aromatic nitrogens is 2. The van der Waals surface area contributed by atoms with Crippen LogP contribution in [0.5, 0.6) is 0 Å². The minimum atomic E-state index is -5.21. The van der Waals surface area contributed by atoms with Crippen molar-refractivity contribution in [2.75, 3.05) is 5.32 Å². The third-order valence-electron chi connectivity index (χ3n) is 4.39. The van der Waals surface area contributed by atoms with E-state index in [2.05, 4.69) is 15.3 Å². The van der Waals surface area contributed by atoms with Crippen LogP contribution in [0, 0.1) is 0 Å². The van der Waals surface area contributed by atoms with Crippen LogP contribution < -0.4 is 5.32 Å². The molecule has 0 saturated carbocycles. The molecule has 0 fully saturated rings. The Balaban J connectivity index is 1.92. The van der Waals surface area contributed by atoms with Crippen molar-refractivity contribution < 1.29 is 28.7 Å². The predicted octanol–water partition coefficient (Wildman–Crippen LogP) is 4.08. The molecule has 4 aromatic rings. The summed E-state index contributed by atoms with van der Waals surface area (Å²) in [4.78, 5) is 48.4. The Bertz CT molecular complexity index is 1300. The highest BCUT2D eigenvalue weighted by Gasteiger charge is 2.44. The molecule has 2 aromatic carbocycles. The van der Waals surface area contributed by atoms with E-state index >= 15 is 0 Å². The Hall–Kier alpha value is -2.42. The number of fused-ring (bicyclic) bond motifs is 1. The normalized spacial score (nSPS) is 12.4. The molecule has 0 bridgehead atoms. The van der Waals surface area contributed by atoms with E-state index in [0.717, 1.165) is 10.4 Å². The Morgan fingerprint density at radius 2 is 1.35 bits per heavy atom. The molecule has 5 N–H and O–H groups in total. The SMILES string of the molecule is O=P(O)(O)C(Nc1nc(-c2ccccc2)nc2sc(-c3ccccc3)cc12)P(=O)(O)O. The van der Waals surface area contributed by atoms with Gasteiger partial charge in [0.15, 0.2) is 5.82 Å². The molecule has 0 amide bonds. The van der Waals surface area contributed by atoms with Crippen molar-refractivity contribution in [2.45, 2.75) is 5.52 Å². The molecule has 2 heterocycles. The number of hydrogen-bond acceptors (Lipinski definition) is 6. The summed E-state index contributed by atoms with van der Waals surface area (Å²) in [7, 11) is -10.4.